The van der Waals surface area contributed by atoms with E-state index in [0.717, 1.165) is 12.8 Å². The zero-order valence-electron chi connectivity index (χ0n) is 11.7. The van der Waals surface area contributed by atoms with Crippen molar-refractivity contribution in [3.63, 3.8) is 0 Å². The van der Waals surface area contributed by atoms with Crippen LogP contribution in [-0.2, 0) is 9.53 Å². The minimum Gasteiger partial charge on any atom is -0.369 e. The molecule has 1 aliphatic rings. The summed E-state index contributed by atoms with van der Waals surface area (Å²) in [5.74, 6) is 10.2. The predicted octanol–water partition coefficient (Wildman–Crippen LogP) is 3.27. The first-order chi connectivity index (χ1) is 9.27. The second-order valence-electron chi connectivity index (χ2n) is 4.74. The summed E-state index contributed by atoms with van der Waals surface area (Å²) in [4.78, 5) is 10.8. The van der Waals surface area contributed by atoms with Crippen molar-refractivity contribution in [3.8, 4) is 23.7 Å². The average Bonchev–Trinajstić information content (AvgIpc) is 3.16. The number of rotatable bonds is 8. The first kappa shape index (κ1) is 15.5. The van der Waals surface area contributed by atoms with Gasteiger partial charge in [0.2, 0.25) is 5.78 Å². The maximum atomic E-state index is 10.8. The second-order valence-corrected chi connectivity index (χ2v) is 4.74. The number of hydrogen-bond donors (Lipinski definition) is 0. The Kier molecular flexibility index (Phi) is 7.71. The van der Waals surface area contributed by atoms with Gasteiger partial charge in [-0.15, -0.1) is 0 Å². The summed E-state index contributed by atoms with van der Waals surface area (Å²) in [5.41, 5.74) is 0. The molecule has 19 heavy (non-hydrogen) atoms. The highest BCUT2D eigenvalue weighted by Gasteiger charge is 2.36. The van der Waals surface area contributed by atoms with Crippen LogP contribution >= 0.6 is 0 Å². The maximum Gasteiger partial charge on any atom is 0.229 e. The molecule has 1 heterocycles. The van der Waals surface area contributed by atoms with Gasteiger partial charge in [-0.3, -0.25) is 4.79 Å². The van der Waals surface area contributed by atoms with Gasteiger partial charge in [-0.25, -0.2) is 0 Å². The molecule has 0 aromatic heterocycles. The molecule has 2 nitrogen and oxygen atoms in total. The molecule has 1 fully saturated rings. The summed E-state index contributed by atoms with van der Waals surface area (Å²) in [6.45, 7) is 5.56. The van der Waals surface area contributed by atoms with Crippen molar-refractivity contribution in [2.24, 2.45) is 0 Å². The number of carbonyl (C=O) groups excluding carboxylic acids is 1. The molecule has 1 aliphatic heterocycles. The van der Waals surface area contributed by atoms with Crippen molar-refractivity contribution in [1.29, 1.82) is 0 Å². The SMILES string of the molecule is C=CC(=O)C#CC#CC[C@@H]1O[C@@H]1CCCCCCC. The molecule has 0 bridgehead atoms. The van der Waals surface area contributed by atoms with Gasteiger partial charge in [0.15, 0.2) is 0 Å². The summed E-state index contributed by atoms with van der Waals surface area (Å²) in [5, 5.41) is 0. The lowest BCUT2D eigenvalue weighted by molar-refractivity contribution is -0.109. The van der Waals surface area contributed by atoms with Crippen LogP contribution in [0, 0.1) is 23.7 Å². The monoisotopic (exact) mass is 258 g/mol. The fourth-order valence-electron chi connectivity index (χ4n) is 1.90. The van der Waals surface area contributed by atoms with Crippen LogP contribution in [0.4, 0.5) is 0 Å². The van der Waals surface area contributed by atoms with Crippen molar-refractivity contribution >= 4 is 5.78 Å². The van der Waals surface area contributed by atoms with Crippen LogP contribution in [0.15, 0.2) is 12.7 Å². The van der Waals surface area contributed by atoms with Gasteiger partial charge in [-0.1, -0.05) is 51.5 Å². The Morgan fingerprint density at radius 1 is 1.21 bits per heavy atom. The fourth-order valence-corrected chi connectivity index (χ4v) is 1.90. The van der Waals surface area contributed by atoms with Gasteiger partial charge < -0.3 is 4.74 Å². The first-order valence-corrected chi connectivity index (χ1v) is 7.08. The number of ketones is 1. The molecule has 2 heteroatoms. The largest absolute Gasteiger partial charge is 0.369 e. The van der Waals surface area contributed by atoms with Gasteiger partial charge in [0.25, 0.3) is 0 Å². The summed E-state index contributed by atoms with van der Waals surface area (Å²) in [6.07, 6.45) is 10.3. The van der Waals surface area contributed by atoms with E-state index in [1.807, 2.05) is 0 Å². The standard InChI is InChI=1S/C17H22O2/c1-3-5-6-7-10-13-16-17(19-16)14-11-8-9-12-15(18)4-2/h4,16-17H,2-3,5-7,10,13-14H2,1H3/t16-,17+/m1/s1. The number of allylic oxidation sites excluding steroid dienone is 1. The van der Waals surface area contributed by atoms with Crippen molar-refractivity contribution in [1.82, 2.24) is 0 Å². The van der Waals surface area contributed by atoms with E-state index in [0.29, 0.717) is 6.10 Å². The van der Waals surface area contributed by atoms with Crippen LogP contribution in [0.2, 0.25) is 0 Å². The molecule has 0 aliphatic carbocycles. The molecule has 0 saturated carbocycles. The predicted molar refractivity (Wildman–Crippen MR) is 77.4 cm³/mol. The molecule has 102 valence electrons. The van der Waals surface area contributed by atoms with Gasteiger partial charge in [0.1, 0.15) is 0 Å². The summed E-state index contributed by atoms with van der Waals surface area (Å²) in [6, 6.07) is 0. The van der Waals surface area contributed by atoms with Gasteiger partial charge in [0, 0.05) is 6.42 Å². The molecular formula is C17H22O2. The molecule has 1 saturated heterocycles. The lowest BCUT2D eigenvalue weighted by atomic mass is 10.1. The topological polar surface area (TPSA) is 29.6 Å². The van der Waals surface area contributed by atoms with E-state index in [1.54, 1.807) is 0 Å². The van der Waals surface area contributed by atoms with Crippen molar-refractivity contribution in [3.05, 3.63) is 12.7 Å². The van der Waals surface area contributed by atoms with Gasteiger partial charge >= 0.3 is 0 Å². The number of carbonyl (C=O) groups is 1. The van der Waals surface area contributed by atoms with Crippen molar-refractivity contribution < 1.29 is 9.53 Å². The Balaban J connectivity index is 2.04. The van der Waals surface area contributed by atoms with Crippen LogP contribution in [0.3, 0.4) is 0 Å². The van der Waals surface area contributed by atoms with Gasteiger partial charge in [-0.2, -0.15) is 0 Å². The minimum atomic E-state index is -0.290. The van der Waals surface area contributed by atoms with Crippen LogP contribution in [0.25, 0.3) is 0 Å². The van der Waals surface area contributed by atoms with Gasteiger partial charge in [0.05, 0.1) is 12.2 Å². The van der Waals surface area contributed by atoms with Crippen molar-refractivity contribution in [2.45, 2.75) is 64.1 Å². The fraction of sp³-hybridized carbons (Fsp3) is 0.588. The number of ether oxygens (including phenoxy) is 1. The smallest absolute Gasteiger partial charge is 0.229 e. The third-order valence-electron chi connectivity index (χ3n) is 3.11. The van der Waals surface area contributed by atoms with E-state index in [4.69, 9.17) is 4.74 Å². The van der Waals surface area contributed by atoms with E-state index in [9.17, 15) is 4.79 Å². The van der Waals surface area contributed by atoms with Crippen LogP contribution in [0.1, 0.15) is 51.9 Å². The van der Waals surface area contributed by atoms with Crippen LogP contribution < -0.4 is 0 Å². The molecule has 0 aromatic rings. The normalized spacial score (nSPS) is 19.6. The molecule has 0 spiro atoms. The van der Waals surface area contributed by atoms with E-state index < -0.39 is 0 Å². The Hall–Kier alpha value is -1.51. The van der Waals surface area contributed by atoms with Crippen LogP contribution in [-0.4, -0.2) is 18.0 Å². The Labute approximate surface area is 116 Å². The lowest BCUT2D eigenvalue weighted by Gasteiger charge is -1.96. The van der Waals surface area contributed by atoms with E-state index in [2.05, 4.69) is 37.2 Å². The molecule has 0 radical (unpaired) electrons. The zero-order valence-corrected chi connectivity index (χ0v) is 11.7. The van der Waals surface area contributed by atoms with Crippen molar-refractivity contribution in [2.75, 3.05) is 0 Å². The molecule has 1 rings (SSSR count). The summed E-state index contributed by atoms with van der Waals surface area (Å²) in [7, 11) is 0. The molecule has 0 N–H and O–H groups in total. The Bertz CT molecular complexity index is 414. The Morgan fingerprint density at radius 2 is 2.00 bits per heavy atom. The lowest BCUT2D eigenvalue weighted by Crippen LogP contribution is -1.93. The molecule has 2 atom stereocenters. The minimum absolute atomic E-state index is 0.288. The zero-order chi connectivity index (χ0) is 13.9. The highest BCUT2D eigenvalue weighted by molar-refractivity contribution is 6.04. The molecule has 0 unspecified atom stereocenters. The van der Waals surface area contributed by atoms with E-state index >= 15 is 0 Å². The third-order valence-corrected chi connectivity index (χ3v) is 3.11. The van der Waals surface area contributed by atoms with E-state index in [-0.39, 0.29) is 11.9 Å². The maximum absolute atomic E-state index is 10.8. The highest BCUT2D eigenvalue weighted by Crippen LogP contribution is 2.29. The second kappa shape index (κ2) is 9.42. The quantitative estimate of drug-likeness (QED) is 0.220. The first-order valence-electron chi connectivity index (χ1n) is 7.08. The molecular weight excluding hydrogens is 236 g/mol. The van der Waals surface area contributed by atoms with Gasteiger partial charge in [-0.05, 0) is 30.3 Å². The molecule has 0 aromatic carbocycles. The summed E-state index contributed by atoms with van der Waals surface area (Å²) < 4.78 is 5.54. The average molecular weight is 258 g/mol. The number of unbranched alkanes of at least 4 members (excludes halogenated alkanes) is 4. The van der Waals surface area contributed by atoms with E-state index in [1.165, 1.54) is 38.2 Å². The molecule has 0 amide bonds. The number of epoxide rings is 1. The highest BCUT2D eigenvalue weighted by atomic mass is 16.6. The van der Waals surface area contributed by atoms with Crippen LogP contribution in [0.5, 0.6) is 0 Å². The number of hydrogen-bond acceptors (Lipinski definition) is 2. The summed E-state index contributed by atoms with van der Waals surface area (Å²) >= 11 is 0. The third kappa shape index (κ3) is 7.50. The Morgan fingerprint density at radius 3 is 2.74 bits per heavy atom.